The Labute approximate surface area is 167 Å². The molecule has 2 amide bonds. The summed E-state index contributed by atoms with van der Waals surface area (Å²) in [6.07, 6.45) is 2.54. The smallest absolute Gasteiger partial charge is 0.253 e. The lowest BCUT2D eigenvalue weighted by Gasteiger charge is -2.21. The number of hydrogen-bond donors (Lipinski definition) is 1. The predicted molar refractivity (Wildman–Crippen MR) is 112 cm³/mol. The number of hydrogen-bond acceptors (Lipinski definition) is 3. The van der Waals surface area contributed by atoms with Crippen molar-refractivity contribution in [1.82, 2.24) is 10.2 Å². The molecule has 0 spiro atoms. The molecule has 2 rings (SSSR count). The Balaban J connectivity index is 1.98. The first-order chi connectivity index (χ1) is 13.6. The average molecular weight is 383 g/mol. The third kappa shape index (κ3) is 6.12. The number of methoxy groups -OCH3 is 1. The largest absolute Gasteiger partial charge is 0.497 e. The topological polar surface area (TPSA) is 58.6 Å². The van der Waals surface area contributed by atoms with Crippen LogP contribution in [0.25, 0.3) is 0 Å². The van der Waals surface area contributed by atoms with Gasteiger partial charge in [0.2, 0.25) is 0 Å². The van der Waals surface area contributed by atoms with Crippen molar-refractivity contribution in [2.24, 2.45) is 0 Å². The van der Waals surface area contributed by atoms with Crippen LogP contribution in [0.15, 0.2) is 48.5 Å². The van der Waals surface area contributed by atoms with Gasteiger partial charge in [0.25, 0.3) is 11.8 Å². The van der Waals surface area contributed by atoms with E-state index in [2.05, 4.69) is 19.2 Å². The van der Waals surface area contributed by atoms with Crippen molar-refractivity contribution in [2.45, 2.75) is 33.1 Å². The van der Waals surface area contributed by atoms with Crippen LogP contribution in [0.5, 0.6) is 5.75 Å². The lowest BCUT2D eigenvalue weighted by Crippen LogP contribution is -2.33. The van der Waals surface area contributed by atoms with Gasteiger partial charge in [-0.05, 0) is 55.2 Å². The van der Waals surface area contributed by atoms with Gasteiger partial charge in [0.1, 0.15) is 5.75 Å². The molecular formula is C23H30N2O3. The summed E-state index contributed by atoms with van der Waals surface area (Å²) in [6.45, 7) is 6.08. The maximum atomic E-state index is 12.7. The molecule has 0 saturated carbocycles. The molecule has 150 valence electrons. The van der Waals surface area contributed by atoms with Crippen molar-refractivity contribution in [3.05, 3.63) is 65.2 Å². The zero-order valence-corrected chi connectivity index (χ0v) is 17.0. The Bertz CT molecular complexity index is 783. The van der Waals surface area contributed by atoms with Gasteiger partial charge in [0.15, 0.2) is 0 Å². The Hall–Kier alpha value is -2.82. The molecule has 0 radical (unpaired) electrons. The molecule has 0 bridgehead atoms. The first-order valence-corrected chi connectivity index (χ1v) is 9.89. The van der Waals surface area contributed by atoms with E-state index in [-0.39, 0.29) is 11.8 Å². The Morgan fingerprint density at radius 1 is 0.964 bits per heavy atom. The van der Waals surface area contributed by atoms with Gasteiger partial charge in [-0.25, -0.2) is 0 Å². The number of benzene rings is 2. The summed E-state index contributed by atoms with van der Waals surface area (Å²) in [7, 11) is 1.64. The van der Waals surface area contributed by atoms with Gasteiger partial charge >= 0.3 is 0 Å². The van der Waals surface area contributed by atoms with Crippen LogP contribution < -0.4 is 10.1 Å². The van der Waals surface area contributed by atoms with Crippen molar-refractivity contribution < 1.29 is 14.3 Å². The molecule has 5 heteroatoms. The minimum atomic E-state index is -0.171. The maximum Gasteiger partial charge on any atom is 0.253 e. The first kappa shape index (κ1) is 21.5. The molecule has 0 saturated heterocycles. The van der Waals surface area contributed by atoms with Crippen LogP contribution in [0.4, 0.5) is 0 Å². The van der Waals surface area contributed by atoms with E-state index in [1.807, 2.05) is 29.2 Å². The van der Waals surface area contributed by atoms with Crippen molar-refractivity contribution in [2.75, 3.05) is 26.7 Å². The second-order valence-electron chi connectivity index (χ2n) is 6.73. The van der Waals surface area contributed by atoms with Crippen LogP contribution in [-0.4, -0.2) is 43.5 Å². The zero-order chi connectivity index (χ0) is 20.4. The monoisotopic (exact) mass is 382 g/mol. The molecule has 1 N–H and O–H groups in total. The van der Waals surface area contributed by atoms with Gasteiger partial charge in [-0.2, -0.15) is 0 Å². The second-order valence-corrected chi connectivity index (χ2v) is 6.73. The standard InChI is InChI=1S/C23H30N2O3/c1-4-14-25(15-5-2)23(27)20-10-7-9-19(17-20)22(26)24-13-12-18-8-6-11-21(16-18)28-3/h6-11,16-17H,4-5,12-15H2,1-3H3,(H,24,26). The van der Waals surface area contributed by atoms with E-state index in [0.717, 1.165) is 37.2 Å². The lowest BCUT2D eigenvalue weighted by atomic mass is 10.1. The maximum absolute atomic E-state index is 12.7. The van der Waals surface area contributed by atoms with Crippen LogP contribution in [0.1, 0.15) is 53.0 Å². The summed E-state index contributed by atoms with van der Waals surface area (Å²) in [4.78, 5) is 27.1. The number of carbonyl (C=O) groups is 2. The highest BCUT2D eigenvalue weighted by Gasteiger charge is 2.16. The SMILES string of the molecule is CCCN(CCC)C(=O)c1cccc(C(=O)NCCc2cccc(OC)c2)c1. The highest BCUT2D eigenvalue weighted by Crippen LogP contribution is 2.13. The van der Waals surface area contributed by atoms with Crippen LogP contribution in [0.3, 0.4) is 0 Å². The number of nitrogens with zero attached hydrogens (tertiary/aromatic N) is 1. The highest BCUT2D eigenvalue weighted by molar-refractivity contribution is 5.99. The summed E-state index contributed by atoms with van der Waals surface area (Å²) < 4.78 is 5.22. The summed E-state index contributed by atoms with van der Waals surface area (Å²) in [5, 5.41) is 2.93. The van der Waals surface area contributed by atoms with E-state index in [1.54, 1.807) is 31.4 Å². The van der Waals surface area contributed by atoms with E-state index < -0.39 is 0 Å². The van der Waals surface area contributed by atoms with Gasteiger partial charge in [-0.15, -0.1) is 0 Å². The van der Waals surface area contributed by atoms with Crippen molar-refractivity contribution in [3.8, 4) is 5.75 Å². The number of ether oxygens (including phenoxy) is 1. The minimum Gasteiger partial charge on any atom is -0.497 e. The van der Waals surface area contributed by atoms with Crippen molar-refractivity contribution >= 4 is 11.8 Å². The van der Waals surface area contributed by atoms with E-state index in [1.165, 1.54) is 0 Å². The Kier molecular flexibility index (Phi) is 8.53. The van der Waals surface area contributed by atoms with E-state index in [4.69, 9.17) is 4.74 Å². The number of nitrogens with one attached hydrogen (secondary N) is 1. The number of rotatable bonds is 10. The average Bonchev–Trinajstić information content (AvgIpc) is 2.73. The molecule has 0 aliphatic carbocycles. The first-order valence-electron chi connectivity index (χ1n) is 9.89. The predicted octanol–water partition coefficient (Wildman–Crippen LogP) is 3.93. The Morgan fingerprint density at radius 3 is 2.32 bits per heavy atom. The molecule has 0 aliphatic rings. The molecule has 2 aromatic rings. The normalized spacial score (nSPS) is 10.4. The fraction of sp³-hybridized carbons (Fsp3) is 0.391. The third-order valence-corrected chi connectivity index (χ3v) is 4.48. The van der Waals surface area contributed by atoms with E-state index in [9.17, 15) is 9.59 Å². The molecular weight excluding hydrogens is 352 g/mol. The lowest BCUT2D eigenvalue weighted by molar-refractivity contribution is 0.0755. The van der Waals surface area contributed by atoms with Gasteiger partial charge in [-0.3, -0.25) is 9.59 Å². The van der Waals surface area contributed by atoms with Crippen LogP contribution in [-0.2, 0) is 6.42 Å². The van der Waals surface area contributed by atoms with Gasteiger partial charge < -0.3 is 15.0 Å². The molecule has 0 aromatic heterocycles. The summed E-state index contributed by atoms with van der Waals surface area (Å²) in [6, 6.07) is 14.7. The quantitative estimate of drug-likeness (QED) is 0.677. The zero-order valence-electron chi connectivity index (χ0n) is 17.0. The fourth-order valence-electron chi connectivity index (χ4n) is 3.08. The second kappa shape index (κ2) is 11.1. The molecule has 5 nitrogen and oxygen atoms in total. The minimum absolute atomic E-state index is 0.0188. The Morgan fingerprint density at radius 2 is 1.64 bits per heavy atom. The number of amides is 2. The van der Waals surface area contributed by atoms with E-state index in [0.29, 0.717) is 24.1 Å². The van der Waals surface area contributed by atoms with Crippen LogP contribution in [0, 0.1) is 0 Å². The highest BCUT2D eigenvalue weighted by atomic mass is 16.5. The number of carbonyl (C=O) groups excluding carboxylic acids is 2. The van der Waals surface area contributed by atoms with Crippen molar-refractivity contribution in [3.63, 3.8) is 0 Å². The molecule has 0 heterocycles. The van der Waals surface area contributed by atoms with Crippen LogP contribution in [0.2, 0.25) is 0 Å². The molecule has 0 atom stereocenters. The van der Waals surface area contributed by atoms with Crippen molar-refractivity contribution in [1.29, 1.82) is 0 Å². The molecule has 28 heavy (non-hydrogen) atoms. The van der Waals surface area contributed by atoms with Gasteiger partial charge in [-0.1, -0.05) is 32.0 Å². The summed E-state index contributed by atoms with van der Waals surface area (Å²) in [5.41, 5.74) is 2.16. The summed E-state index contributed by atoms with van der Waals surface area (Å²) in [5.74, 6) is 0.614. The van der Waals surface area contributed by atoms with Gasteiger partial charge in [0.05, 0.1) is 7.11 Å². The van der Waals surface area contributed by atoms with Crippen LogP contribution >= 0.6 is 0 Å². The van der Waals surface area contributed by atoms with Gasteiger partial charge in [0, 0.05) is 30.8 Å². The summed E-state index contributed by atoms with van der Waals surface area (Å²) >= 11 is 0. The molecule has 0 unspecified atom stereocenters. The van der Waals surface area contributed by atoms with E-state index >= 15 is 0 Å². The molecule has 0 fully saturated rings. The fourth-order valence-corrected chi connectivity index (χ4v) is 3.08. The molecule has 0 aliphatic heterocycles. The third-order valence-electron chi connectivity index (χ3n) is 4.48. The molecule has 2 aromatic carbocycles.